The van der Waals surface area contributed by atoms with Crippen molar-refractivity contribution in [3.05, 3.63) is 35.4 Å². The van der Waals surface area contributed by atoms with Crippen LogP contribution in [0.5, 0.6) is 0 Å². The number of carboxylic acid groups (broad SMARTS) is 1. The van der Waals surface area contributed by atoms with Crippen LogP contribution < -0.4 is 0 Å². The van der Waals surface area contributed by atoms with Crippen LogP contribution in [0.3, 0.4) is 0 Å². The number of carbonyl (C=O) groups is 2. The predicted octanol–water partition coefficient (Wildman–Crippen LogP) is 3.13. The minimum Gasteiger partial charge on any atom is -0.481 e. The van der Waals surface area contributed by atoms with Gasteiger partial charge in [-0.3, -0.25) is 9.59 Å². The summed E-state index contributed by atoms with van der Waals surface area (Å²) in [5, 5.41) is 9.22. The maximum absolute atomic E-state index is 13.1. The minimum atomic E-state index is -4.44. The fourth-order valence-corrected chi connectivity index (χ4v) is 3.45. The monoisotopic (exact) mass is 341 g/mol. The summed E-state index contributed by atoms with van der Waals surface area (Å²) >= 11 is 0. The van der Waals surface area contributed by atoms with Crippen molar-refractivity contribution in [2.45, 2.75) is 31.9 Å². The first-order chi connectivity index (χ1) is 11.1. The second kappa shape index (κ2) is 5.50. The molecule has 1 aliphatic carbocycles. The number of rotatable bonds is 3. The first kappa shape index (κ1) is 16.8. The molecule has 2 fully saturated rings. The molecule has 24 heavy (non-hydrogen) atoms. The Morgan fingerprint density at radius 3 is 2.54 bits per heavy atom. The van der Waals surface area contributed by atoms with Crippen molar-refractivity contribution in [3.63, 3.8) is 0 Å². The number of hydrogen-bond donors (Lipinski definition) is 1. The van der Waals surface area contributed by atoms with Gasteiger partial charge in [0.1, 0.15) is 0 Å². The summed E-state index contributed by atoms with van der Waals surface area (Å²) in [6.45, 7) is 2.04. The lowest BCUT2D eigenvalue weighted by Crippen LogP contribution is -2.35. The van der Waals surface area contributed by atoms with Gasteiger partial charge in [-0.15, -0.1) is 0 Å². The fourth-order valence-electron chi connectivity index (χ4n) is 3.45. The van der Waals surface area contributed by atoms with E-state index < -0.39 is 35.0 Å². The van der Waals surface area contributed by atoms with Gasteiger partial charge in [-0.1, -0.05) is 18.2 Å². The molecular weight excluding hydrogens is 323 g/mol. The van der Waals surface area contributed by atoms with E-state index in [0.717, 1.165) is 6.07 Å². The van der Waals surface area contributed by atoms with E-state index in [1.54, 1.807) is 13.0 Å². The van der Waals surface area contributed by atoms with Crippen molar-refractivity contribution < 1.29 is 27.9 Å². The Morgan fingerprint density at radius 1 is 1.29 bits per heavy atom. The fraction of sp³-hybridized carbons (Fsp3) is 0.529. The maximum atomic E-state index is 13.1. The highest BCUT2D eigenvalue weighted by molar-refractivity contribution is 5.85. The van der Waals surface area contributed by atoms with Crippen LogP contribution in [-0.4, -0.2) is 35.0 Å². The Balaban J connectivity index is 1.73. The molecule has 0 aromatic heterocycles. The highest BCUT2D eigenvalue weighted by Crippen LogP contribution is 2.52. The van der Waals surface area contributed by atoms with Gasteiger partial charge >= 0.3 is 12.1 Å². The van der Waals surface area contributed by atoms with Crippen LogP contribution in [0, 0.1) is 11.3 Å². The Kier molecular flexibility index (Phi) is 3.85. The number of likely N-dealkylation sites (tertiary alicyclic amines) is 1. The van der Waals surface area contributed by atoms with Crippen molar-refractivity contribution in [1.82, 2.24) is 4.90 Å². The first-order valence-electron chi connectivity index (χ1n) is 7.82. The largest absolute Gasteiger partial charge is 0.481 e. The first-order valence-corrected chi connectivity index (χ1v) is 7.82. The number of nitrogens with zero attached hydrogens (tertiary/aromatic N) is 1. The molecule has 7 heteroatoms. The average molecular weight is 341 g/mol. The number of benzene rings is 1. The number of aliphatic carboxylic acids is 1. The Hall–Kier alpha value is -2.05. The summed E-state index contributed by atoms with van der Waals surface area (Å²) in [5.41, 5.74) is -1.50. The summed E-state index contributed by atoms with van der Waals surface area (Å²) in [6, 6.07) is 5.34. The summed E-state index contributed by atoms with van der Waals surface area (Å²) in [5.74, 6) is -2.11. The Labute approximate surface area is 137 Å². The normalized spacial score (nSPS) is 29.6. The molecule has 1 saturated heterocycles. The van der Waals surface area contributed by atoms with Gasteiger partial charge in [0.05, 0.1) is 11.0 Å². The number of halogens is 3. The molecule has 1 aromatic carbocycles. The second-order valence-corrected chi connectivity index (χ2v) is 6.91. The number of hydrogen-bond acceptors (Lipinski definition) is 2. The van der Waals surface area contributed by atoms with Gasteiger partial charge in [-0.25, -0.2) is 0 Å². The average Bonchev–Trinajstić information content (AvgIpc) is 3.21. The summed E-state index contributed by atoms with van der Waals surface area (Å²) in [7, 11) is 0. The molecule has 0 spiro atoms. The summed E-state index contributed by atoms with van der Waals surface area (Å²) < 4.78 is 39.3. The van der Waals surface area contributed by atoms with E-state index in [4.69, 9.17) is 0 Å². The molecule has 1 heterocycles. The van der Waals surface area contributed by atoms with Gasteiger partial charge in [0, 0.05) is 19.0 Å². The van der Waals surface area contributed by atoms with Gasteiger partial charge in [-0.2, -0.15) is 13.2 Å². The molecular formula is C17H18F3NO3. The molecule has 3 atom stereocenters. The molecule has 1 N–H and O–H groups in total. The van der Waals surface area contributed by atoms with Crippen LogP contribution in [0.25, 0.3) is 0 Å². The molecule has 130 valence electrons. The lowest BCUT2D eigenvalue weighted by Gasteiger charge is -2.20. The van der Waals surface area contributed by atoms with E-state index in [9.17, 15) is 27.9 Å². The van der Waals surface area contributed by atoms with Crippen molar-refractivity contribution >= 4 is 11.9 Å². The smallest absolute Gasteiger partial charge is 0.416 e. The zero-order valence-electron chi connectivity index (χ0n) is 13.1. The molecule has 4 nitrogen and oxygen atoms in total. The van der Waals surface area contributed by atoms with E-state index in [2.05, 4.69) is 0 Å². The number of amides is 1. The van der Waals surface area contributed by atoms with Crippen molar-refractivity contribution in [2.75, 3.05) is 13.1 Å². The number of carbonyl (C=O) groups excluding carboxylic acids is 1. The van der Waals surface area contributed by atoms with Crippen LogP contribution >= 0.6 is 0 Å². The molecule has 1 aliphatic heterocycles. The van der Waals surface area contributed by atoms with Gasteiger partial charge < -0.3 is 10.0 Å². The molecule has 0 unspecified atom stereocenters. The lowest BCUT2D eigenvalue weighted by atomic mass is 9.90. The van der Waals surface area contributed by atoms with Crippen LogP contribution in [0.1, 0.15) is 36.8 Å². The molecule has 1 aromatic rings. The highest BCUT2D eigenvalue weighted by atomic mass is 19.4. The summed E-state index contributed by atoms with van der Waals surface area (Å²) in [4.78, 5) is 25.3. The second-order valence-electron chi connectivity index (χ2n) is 6.91. The third-order valence-electron chi connectivity index (χ3n) is 5.07. The van der Waals surface area contributed by atoms with Gasteiger partial charge in [0.25, 0.3) is 0 Å². The third-order valence-corrected chi connectivity index (χ3v) is 5.07. The van der Waals surface area contributed by atoms with Crippen molar-refractivity contribution in [2.24, 2.45) is 11.3 Å². The Morgan fingerprint density at radius 2 is 1.96 bits per heavy atom. The molecule has 1 amide bonds. The quantitative estimate of drug-likeness (QED) is 0.919. The SMILES string of the molecule is C[C@]1(C(=O)O)CCN(C(=O)[C@@H]2C[C@H]2c2ccccc2C(F)(F)F)C1. The topological polar surface area (TPSA) is 57.6 Å². The van der Waals surface area contributed by atoms with E-state index in [1.165, 1.54) is 17.0 Å². The highest BCUT2D eigenvalue weighted by Gasteiger charge is 2.51. The van der Waals surface area contributed by atoms with Crippen LogP contribution in [0.4, 0.5) is 13.2 Å². The summed E-state index contributed by atoms with van der Waals surface area (Å²) in [6.07, 6.45) is -3.70. The zero-order valence-corrected chi connectivity index (χ0v) is 13.1. The molecule has 2 aliphatic rings. The molecule has 3 rings (SSSR count). The van der Waals surface area contributed by atoms with Crippen LogP contribution in [0.15, 0.2) is 24.3 Å². The molecule has 0 bridgehead atoms. The Bertz CT molecular complexity index is 688. The van der Waals surface area contributed by atoms with Crippen LogP contribution in [0.2, 0.25) is 0 Å². The van der Waals surface area contributed by atoms with Gasteiger partial charge in [0.15, 0.2) is 0 Å². The maximum Gasteiger partial charge on any atom is 0.416 e. The molecule has 1 saturated carbocycles. The van der Waals surface area contributed by atoms with Crippen molar-refractivity contribution in [3.8, 4) is 0 Å². The third kappa shape index (κ3) is 2.87. The molecule has 0 radical (unpaired) electrons. The lowest BCUT2D eigenvalue weighted by molar-refractivity contribution is -0.147. The van der Waals surface area contributed by atoms with Crippen molar-refractivity contribution in [1.29, 1.82) is 0 Å². The zero-order chi connectivity index (χ0) is 17.7. The van der Waals surface area contributed by atoms with E-state index >= 15 is 0 Å². The number of alkyl halides is 3. The van der Waals surface area contributed by atoms with Gasteiger partial charge in [-0.05, 0) is 37.3 Å². The van der Waals surface area contributed by atoms with E-state index in [0.29, 0.717) is 19.4 Å². The minimum absolute atomic E-state index is 0.116. The van der Waals surface area contributed by atoms with E-state index in [1.807, 2.05) is 0 Å². The van der Waals surface area contributed by atoms with Gasteiger partial charge in [0.2, 0.25) is 5.91 Å². The number of carboxylic acids is 1. The van der Waals surface area contributed by atoms with Crippen LogP contribution in [-0.2, 0) is 15.8 Å². The standard InChI is InChI=1S/C17H18F3NO3/c1-16(15(23)24)6-7-21(9-16)14(22)12-8-11(12)10-4-2-3-5-13(10)17(18,19)20/h2-5,11-12H,6-9H2,1H3,(H,23,24)/t11-,12+,16-/m0/s1. The van der Waals surface area contributed by atoms with E-state index in [-0.39, 0.29) is 18.0 Å². The predicted molar refractivity (Wildman–Crippen MR) is 79.2 cm³/mol.